The normalized spacial score (nSPS) is 20.9. The van der Waals surface area contributed by atoms with Crippen molar-refractivity contribution in [3.8, 4) is 0 Å². The average Bonchev–Trinajstić information content (AvgIpc) is 3.04. The Balaban J connectivity index is 1.40. The van der Waals surface area contributed by atoms with Gasteiger partial charge in [-0.2, -0.15) is 0 Å². The SMILES string of the molecule is CC(NC(=O)C=Cc1ccc(C2CC2C)o1)c1nnc2ccccn12. The Morgan fingerprint density at radius 1 is 1.36 bits per heavy atom. The molecular weight excluding hydrogens is 316 g/mol. The minimum absolute atomic E-state index is 0.196. The van der Waals surface area contributed by atoms with Crippen molar-refractivity contribution in [3.63, 3.8) is 0 Å². The Morgan fingerprint density at radius 3 is 3.00 bits per heavy atom. The van der Waals surface area contributed by atoms with Crippen LogP contribution in [0.2, 0.25) is 0 Å². The topological polar surface area (TPSA) is 72.4 Å². The van der Waals surface area contributed by atoms with Gasteiger partial charge in [0.1, 0.15) is 11.5 Å². The van der Waals surface area contributed by atoms with Gasteiger partial charge in [0.2, 0.25) is 5.91 Å². The maximum Gasteiger partial charge on any atom is 0.244 e. The molecule has 128 valence electrons. The summed E-state index contributed by atoms with van der Waals surface area (Å²) in [5.74, 6) is 3.45. The molecule has 3 heterocycles. The molecule has 3 aromatic heterocycles. The zero-order chi connectivity index (χ0) is 17.4. The van der Waals surface area contributed by atoms with Crippen molar-refractivity contribution in [2.24, 2.45) is 5.92 Å². The molecular formula is C19H20N4O2. The van der Waals surface area contributed by atoms with Crippen LogP contribution in [-0.4, -0.2) is 20.5 Å². The molecule has 1 fully saturated rings. The number of nitrogens with zero attached hydrogens (tertiary/aromatic N) is 3. The summed E-state index contributed by atoms with van der Waals surface area (Å²) < 4.78 is 7.64. The van der Waals surface area contributed by atoms with E-state index in [1.54, 1.807) is 6.08 Å². The molecule has 0 aromatic carbocycles. The van der Waals surface area contributed by atoms with Gasteiger partial charge in [0.15, 0.2) is 11.5 Å². The predicted octanol–water partition coefficient (Wildman–Crippen LogP) is 3.34. The maximum atomic E-state index is 12.2. The van der Waals surface area contributed by atoms with Crippen LogP contribution in [0, 0.1) is 5.92 Å². The van der Waals surface area contributed by atoms with E-state index in [0.717, 1.165) is 11.4 Å². The van der Waals surface area contributed by atoms with E-state index in [2.05, 4.69) is 22.4 Å². The molecule has 4 rings (SSSR count). The predicted molar refractivity (Wildman–Crippen MR) is 93.8 cm³/mol. The molecule has 25 heavy (non-hydrogen) atoms. The maximum absolute atomic E-state index is 12.2. The summed E-state index contributed by atoms with van der Waals surface area (Å²) in [6.45, 7) is 4.10. The molecule has 0 bridgehead atoms. The standard InChI is InChI=1S/C19H20N4O2/c1-12-11-15(12)16-8-6-14(25-16)7-9-18(24)20-13(2)19-22-21-17-5-3-4-10-23(17)19/h3-10,12-13,15H,11H2,1-2H3,(H,20,24). The van der Waals surface area contributed by atoms with Crippen LogP contribution in [-0.2, 0) is 4.79 Å². The lowest BCUT2D eigenvalue weighted by Crippen LogP contribution is -2.26. The van der Waals surface area contributed by atoms with E-state index in [1.165, 1.54) is 12.5 Å². The summed E-state index contributed by atoms with van der Waals surface area (Å²) in [6, 6.07) is 9.33. The Kier molecular flexibility index (Phi) is 3.87. The van der Waals surface area contributed by atoms with Gasteiger partial charge >= 0.3 is 0 Å². The number of furan rings is 1. The van der Waals surface area contributed by atoms with Gasteiger partial charge in [-0.15, -0.1) is 10.2 Å². The molecule has 3 aromatic rings. The Hall–Kier alpha value is -2.89. The summed E-state index contributed by atoms with van der Waals surface area (Å²) in [4.78, 5) is 12.2. The van der Waals surface area contributed by atoms with Crippen LogP contribution in [0.5, 0.6) is 0 Å². The van der Waals surface area contributed by atoms with Gasteiger partial charge in [-0.05, 0) is 49.6 Å². The second kappa shape index (κ2) is 6.20. The molecule has 1 aliphatic rings. The van der Waals surface area contributed by atoms with Crippen molar-refractivity contribution < 1.29 is 9.21 Å². The Labute approximate surface area is 145 Å². The second-order valence-corrected chi connectivity index (χ2v) is 6.61. The van der Waals surface area contributed by atoms with Gasteiger partial charge < -0.3 is 9.73 Å². The Morgan fingerprint density at radius 2 is 2.20 bits per heavy atom. The van der Waals surface area contributed by atoms with E-state index in [4.69, 9.17) is 4.42 Å². The molecule has 1 aliphatic carbocycles. The number of nitrogens with one attached hydrogen (secondary N) is 1. The van der Waals surface area contributed by atoms with Crippen LogP contribution in [0.15, 0.2) is 47.0 Å². The van der Waals surface area contributed by atoms with E-state index in [0.29, 0.717) is 23.4 Å². The molecule has 3 atom stereocenters. The van der Waals surface area contributed by atoms with Crippen LogP contribution in [0.25, 0.3) is 11.7 Å². The number of amides is 1. The smallest absolute Gasteiger partial charge is 0.244 e. The summed E-state index contributed by atoms with van der Waals surface area (Å²) in [5.41, 5.74) is 0.756. The first-order valence-electron chi connectivity index (χ1n) is 8.50. The van der Waals surface area contributed by atoms with Crippen LogP contribution in [0.3, 0.4) is 0 Å². The lowest BCUT2D eigenvalue weighted by Gasteiger charge is -2.10. The number of carbonyl (C=O) groups excluding carboxylic acids is 1. The highest BCUT2D eigenvalue weighted by Crippen LogP contribution is 2.47. The van der Waals surface area contributed by atoms with Crippen molar-refractivity contribution in [2.75, 3.05) is 0 Å². The van der Waals surface area contributed by atoms with E-state index in [1.807, 2.05) is 47.9 Å². The molecule has 1 N–H and O–H groups in total. The van der Waals surface area contributed by atoms with Gasteiger partial charge in [-0.1, -0.05) is 13.0 Å². The molecule has 0 radical (unpaired) electrons. The van der Waals surface area contributed by atoms with E-state index in [9.17, 15) is 4.79 Å². The van der Waals surface area contributed by atoms with Crippen molar-refractivity contribution in [3.05, 3.63) is 59.9 Å². The number of hydrogen-bond donors (Lipinski definition) is 1. The van der Waals surface area contributed by atoms with Gasteiger partial charge in [-0.3, -0.25) is 9.20 Å². The monoisotopic (exact) mass is 336 g/mol. The van der Waals surface area contributed by atoms with Crippen molar-refractivity contribution in [1.29, 1.82) is 0 Å². The number of hydrogen-bond acceptors (Lipinski definition) is 4. The van der Waals surface area contributed by atoms with Gasteiger partial charge in [0, 0.05) is 18.2 Å². The molecule has 6 heteroatoms. The lowest BCUT2D eigenvalue weighted by molar-refractivity contribution is -0.117. The van der Waals surface area contributed by atoms with Crippen molar-refractivity contribution in [1.82, 2.24) is 19.9 Å². The summed E-state index contributed by atoms with van der Waals surface area (Å²) in [7, 11) is 0. The largest absolute Gasteiger partial charge is 0.461 e. The van der Waals surface area contributed by atoms with E-state index < -0.39 is 0 Å². The number of fused-ring (bicyclic) bond motifs is 1. The fourth-order valence-electron chi connectivity index (χ4n) is 3.01. The molecule has 0 saturated heterocycles. The van der Waals surface area contributed by atoms with Gasteiger partial charge in [0.25, 0.3) is 0 Å². The highest BCUT2D eigenvalue weighted by Gasteiger charge is 2.36. The van der Waals surface area contributed by atoms with Crippen molar-refractivity contribution >= 4 is 17.6 Å². The third-order valence-electron chi connectivity index (χ3n) is 4.61. The third-order valence-corrected chi connectivity index (χ3v) is 4.61. The third kappa shape index (κ3) is 3.20. The molecule has 0 spiro atoms. The van der Waals surface area contributed by atoms with Crippen LogP contribution >= 0.6 is 0 Å². The molecule has 1 saturated carbocycles. The molecule has 3 unspecified atom stereocenters. The van der Waals surface area contributed by atoms with Crippen LogP contribution in [0.1, 0.15) is 49.6 Å². The minimum Gasteiger partial charge on any atom is -0.461 e. The van der Waals surface area contributed by atoms with Gasteiger partial charge in [-0.25, -0.2) is 0 Å². The highest BCUT2D eigenvalue weighted by atomic mass is 16.3. The number of rotatable bonds is 5. The van der Waals surface area contributed by atoms with E-state index in [-0.39, 0.29) is 11.9 Å². The summed E-state index contributed by atoms with van der Waals surface area (Å²) >= 11 is 0. The average molecular weight is 336 g/mol. The molecule has 6 nitrogen and oxygen atoms in total. The number of pyridine rings is 1. The summed E-state index contributed by atoms with van der Waals surface area (Å²) in [6.07, 6.45) is 6.24. The summed E-state index contributed by atoms with van der Waals surface area (Å²) in [5, 5.41) is 11.2. The lowest BCUT2D eigenvalue weighted by atomic mass is 10.3. The zero-order valence-electron chi connectivity index (χ0n) is 14.2. The molecule has 1 amide bonds. The highest BCUT2D eigenvalue weighted by molar-refractivity contribution is 5.91. The quantitative estimate of drug-likeness (QED) is 0.725. The van der Waals surface area contributed by atoms with Crippen LogP contribution in [0.4, 0.5) is 0 Å². The molecule has 0 aliphatic heterocycles. The first-order chi connectivity index (χ1) is 12.1. The van der Waals surface area contributed by atoms with Crippen LogP contribution < -0.4 is 5.32 Å². The second-order valence-electron chi connectivity index (χ2n) is 6.61. The fraction of sp³-hybridized carbons (Fsp3) is 0.316. The number of aromatic nitrogens is 3. The number of carbonyl (C=O) groups is 1. The first-order valence-corrected chi connectivity index (χ1v) is 8.50. The Bertz CT molecular complexity index is 940. The van der Waals surface area contributed by atoms with Crippen molar-refractivity contribution in [2.45, 2.75) is 32.2 Å². The fourth-order valence-corrected chi connectivity index (χ4v) is 3.01. The zero-order valence-corrected chi connectivity index (χ0v) is 14.2. The van der Waals surface area contributed by atoms with E-state index >= 15 is 0 Å². The minimum atomic E-state index is -0.256. The first kappa shape index (κ1) is 15.6. The van der Waals surface area contributed by atoms with Gasteiger partial charge in [0.05, 0.1) is 6.04 Å².